The molecule has 0 unspecified atom stereocenters. The van der Waals surface area contributed by atoms with Crippen LogP contribution in [0, 0.1) is 11.3 Å². The summed E-state index contributed by atoms with van der Waals surface area (Å²) < 4.78 is 5.51. The van der Waals surface area contributed by atoms with E-state index < -0.39 is 5.91 Å². The van der Waals surface area contributed by atoms with Crippen molar-refractivity contribution in [1.82, 2.24) is 10.6 Å². The number of carbonyl (C=O) groups is 2. The van der Waals surface area contributed by atoms with Gasteiger partial charge >= 0.3 is 0 Å². The number of nitriles is 1. The van der Waals surface area contributed by atoms with Crippen LogP contribution in [0.15, 0.2) is 60.2 Å². The van der Waals surface area contributed by atoms with Crippen LogP contribution in [0.3, 0.4) is 0 Å². The molecule has 0 aliphatic rings. The molecule has 6 nitrogen and oxygen atoms in total. The van der Waals surface area contributed by atoms with Crippen molar-refractivity contribution in [3.63, 3.8) is 0 Å². The smallest absolute Gasteiger partial charge is 0.262 e. The van der Waals surface area contributed by atoms with Crippen molar-refractivity contribution in [1.29, 1.82) is 5.26 Å². The Labute approximate surface area is 171 Å². The summed E-state index contributed by atoms with van der Waals surface area (Å²) in [5, 5.41) is 14.7. The third kappa shape index (κ3) is 7.15. The number of benzene rings is 2. The molecular formula is C23H25N3O3. The maximum Gasteiger partial charge on any atom is 0.262 e. The molecule has 0 heterocycles. The standard InChI is InChI=1S/C23H25N3O3/c1-16(2)25-23(28)20(14-24)13-18-9-11-21(12-10-18)29-15-22(27)26-17(3)19-7-5-4-6-8-19/h4-13,16-17H,15H2,1-3H3,(H,25,28)(H,26,27)/b20-13+/t17-/m0/s1. The van der Waals surface area contributed by atoms with Gasteiger partial charge in [-0.2, -0.15) is 5.26 Å². The van der Waals surface area contributed by atoms with Gasteiger partial charge < -0.3 is 15.4 Å². The molecule has 2 aromatic rings. The van der Waals surface area contributed by atoms with Crippen molar-refractivity contribution in [3.8, 4) is 11.8 Å². The van der Waals surface area contributed by atoms with E-state index >= 15 is 0 Å². The van der Waals surface area contributed by atoms with Crippen LogP contribution in [-0.2, 0) is 9.59 Å². The van der Waals surface area contributed by atoms with Gasteiger partial charge in [-0.05, 0) is 50.1 Å². The molecule has 2 aromatic carbocycles. The summed E-state index contributed by atoms with van der Waals surface area (Å²) in [5.74, 6) is -0.107. The van der Waals surface area contributed by atoms with Crippen LogP contribution in [0.1, 0.15) is 37.9 Å². The predicted octanol–water partition coefficient (Wildman–Crippen LogP) is 3.37. The highest BCUT2D eigenvalue weighted by molar-refractivity contribution is 6.01. The minimum atomic E-state index is -0.410. The van der Waals surface area contributed by atoms with Crippen LogP contribution in [0.5, 0.6) is 5.75 Å². The first kappa shape index (κ1) is 21.7. The summed E-state index contributed by atoms with van der Waals surface area (Å²) in [6.07, 6.45) is 1.51. The highest BCUT2D eigenvalue weighted by Crippen LogP contribution is 2.15. The second-order valence-electron chi connectivity index (χ2n) is 6.86. The molecule has 150 valence electrons. The molecule has 0 aliphatic heterocycles. The Morgan fingerprint density at radius 3 is 2.28 bits per heavy atom. The Bertz CT molecular complexity index is 897. The summed E-state index contributed by atoms with van der Waals surface area (Å²) in [5.41, 5.74) is 1.74. The van der Waals surface area contributed by atoms with E-state index in [1.165, 1.54) is 6.08 Å². The van der Waals surface area contributed by atoms with Crippen LogP contribution in [-0.4, -0.2) is 24.5 Å². The fourth-order valence-corrected chi connectivity index (χ4v) is 2.57. The molecule has 0 aromatic heterocycles. The molecule has 0 radical (unpaired) electrons. The molecule has 0 spiro atoms. The molecule has 2 amide bonds. The highest BCUT2D eigenvalue weighted by atomic mass is 16.5. The van der Waals surface area contributed by atoms with Crippen molar-refractivity contribution < 1.29 is 14.3 Å². The molecule has 0 aliphatic carbocycles. The number of hydrogen-bond donors (Lipinski definition) is 2. The molecule has 0 fully saturated rings. The molecule has 29 heavy (non-hydrogen) atoms. The number of hydrogen-bond acceptors (Lipinski definition) is 4. The van der Waals surface area contributed by atoms with E-state index in [0.717, 1.165) is 5.56 Å². The summed E-state index contributed by atoms with van der Waals surface area (Å²) in [4.78, 5) is 24.0. The number of carbonyl (C=O) groups excluding carboxylic acids is 2. The molecule has 2 N–H and O–H groups in total. The van der Waals surface area contributed by atoms with Crippen LogP contribution in [0.25, 0.3) is 6.08 Å². The molecular weight excluding hydrogens is 366 g/mol. The zero-order chi connectivity index (χ0) is 21.2. The van der Waals surface area contributed by atoms with Gasteiger partial charge in [0.05, 0.1) is 6.04 Å². The lowest BCUT2D eigenvalue weighted by atomic mass is 10.1. The lowest BCUT2D eigenvalue weighted by Gasteiger charge is -2.14. The van der Waals surface area contributed by atoms with Crippen molar-refractivity contribution in [3.05, 3.63) is 71.3 Å². The molecule has 1 atom stereocenters. The Kier molecular flexibility index (Phi) is 7.99. The number of ether oxygens (including phenoxy) is 1. The number of nitrogens with one attached hydrogen (secondary N) is 2. The maximum atomic E-state index is 12.1. The fraction of sp³-hybridized carbons (Fsp3) is 0.261. The summed E-state index contributed by atoms with van der Waals surface area (Å²) >= 11 is 0. The van der Waals surface area contributed by atoms with Crippen LogP contribution in [0.4, 0.5) is 0 Å². The minimum absolute atomic E-state index is 0.0293. The summed E-state index contributed by atoms with van der Waals surface area (Å²) in [6, 6.07) is 18.3. The third-order valence-electron chi connectivity index (χ3n) is 4.02. The number of nitrogens with zero attached hydrogens (tertiary/aromatic N) is 1. The largest absolute Gasteiger partial charge is 0.484 e. The SMILES string of the molecule is CC(C)NC(=O)/C(C#N)=C/c1ccc(OCC(=O)N[C@@H](C)c2ccccc2)cc1. The van der Waals surface area contributed by atoms with E-state index in [-0.39, 0.29) is 30.2 Å². The van der Waals surface area contributed by atoms with Gasteiger partial charge in [-0.15, -0.1) is 0 Å². The first-order valence-corrected chi connectivity index (χ1v) is 9.39. The third-order valence-corrected chi connectivity index (χ3v) is 4.02. The second kappa shape index (κ2) is 10.7. The lowest BCUT2D eigenvalue weighted by molar-refractivity contribution is -0.123. The number of rotatable bonds is 8. The quantitative estimate of drug-likeness (QED) is 0.533. The van der Waals surface area contributed by atoms with Crippen molar-refractivity contribution in [2.75, 3.05) is 6.61 Å². The Morgan fingerprint density at radius 2 is 1.69 bits per heavy atom. The highest BCUT2D eigenvalue weighted by Gasteiger charge is 2.11. The first-order chi connectivity index (χ1) is 13.9. The van der Waals surface area contributed by atoms with Gasteiger partial charge in [0, 0.05) is 6.04 Å². The van der Waals surface area contributed by atoms with Gasteiger partial charge in [-0.25, -0.2) is 0 Å². The van der Waals surface area contributed by atoms with Gasteiger partial charge in [0.1, 0.15) is 17.4 Å². The van der Waals surface area contributed by atoms with Crippen molar-refractivity contribution in [2.24, 2.45) is 0 Å². The first-order valence-electron chi connectivity index (χ1n) is 9.39. The average molecular weight is 391 g/mol. The van der Waals surface area contributed by atoms with E-state index in [1.807, 2.05) is 57.2 Å². The van der Waals surface area contributed by atoms with E-state index in [9.17, 15) is 14.9 Å². The fourth-order valence-electron chi connectivity index (χ4n) is 2.57. The predicted molar refractivity (Wildman–Crippen MR) is 112 cm³/mol. The topological polar surface area (TPSA) is 91.2 Å². The Hall–Kier alpha value is -3.59. The van der Waals surface area contributed by atoms with Crippen LogP contribution < -0.4 is 15.4 Å². The van der Waals surface area contributed by atoms with Gasteiger partial charge in [0.25, 0.3) is 11.8 Å². The molecule has 6 heteroatoms. The average Bonchev–Trinajstić information content (AvgIpc) is 2.71. The molecule has 0 saturated carbocycles. The second-order valence-corrected chi connectivity index (χ2v) is 6.86. The normalized spacial score (nSPS) is 12.0. The molecule has 0 saturated heterocycles. The van der Waals surface area contributed by atoms with Gasteiger partial charge in [0.15, 0.2) is 6.61 Å². The summed E-state index contributed by atoms with van der Waals surface area (Å²) in [7, 11) is 0. The van der Waals surface area contributed by atoms with E-state index in [4.69, 9.17) is 4.74 Å². The van der Waals surface area contributed by atoms with E-state index in [2.05, 4.69) is 10.6 Å². The lowest BCUT2D eigenvalue weighted by Crippen LogP contribution is -2.31. The number of amides is 2. The Balaban J connectivity index is 1.90. The van der Waals surface area contributed by atoms with Crippen LogP contribution >= 0.6 is 0 Å². The van der Waals surface area contributed by atoms with Gasteiger partial charge in [0.2, 0.25) is 0 Å². The monoisotopic (exact) mass is 391 g/mol. The van der Waals surface area contributed by atoms with Gasteiger partial charge in [-0.3, -0.25) is 9.59 Å². The van der Waals surface area contributed by atoms with Crippen molar-refractivity contribution in [2.45, 2.75) is 32.9 Å². The summed E-state index contributed by atoms with van der Waals surface area (Å²) in [6.45, 7) is 5.47. The van der Waals surface area contributed by atoms with E-state index in [1.54, 1.807) is 24.3 Å². The molecule has 0 bridgehead atoms. The molecule has 2 rings (SSSR count). The zero-order valence-corrected chi connectivity index (χ0v) is 16.8. The Morgan fingerprint density at radius 1 is 1.03 bits per heavy atom. The van der Waals surface area contributed by atoms with Gasteiger partial charge in [-0.1, -0.05) is 42.5 Å². The zero-order valence-electron chi connectivity index (χ0n) is 16.8. The minimum Gasteiger partial charge on any atom is -0.484 e. The van der Waals surface area contributed by atoms with Crippen LogP contribution in [0.2, 0.25) is 0 Å². The van der Waals surface area contributed by atoms with Crippen molar-refractivity contribution >= 4 is 17.9 Å². The maximum absolute atomic E-state index is 12.1. The van der Waals surface area contributed by atoms with E-state index in [0.29, 0.717) is 11.3 Å².